The van der Waals surface area contributed by atoms with Crippen LogP contribution in [0.3, 0.4) is 0 Å². The first-order valence-corrected chi connectivity index (χ1v) is 6.93. The molecule has 100 valence electrons. The van der Waals surface area contributed by atoms with Crippen molar-refractivity contribution >= 4 is 10.9 Å². The summed E-state index contributed by atoms with van der Waals surface area (Å²) >= 11 is 0. The number of aryl methyl sites for hydroxylation is 1. The average Bonchev–Trinajstić information content (AvgIpc) is 2.48. The van der Waals surface area contributed by atoms with E-state index in [1.807, 2.05) is 19.1 Å². The standard InChI is InChI=1S/C18H18N2/c1-14-11-16(17-9-5-6-10-18(17)20-14)13-19-12-15-7-3-2-4-8-15/h2-11,19H,12-13H2,1H3. The first-order chi connectivity index (χ1) is 9.83. The molecule has 0 aliphatic carbocycles. The third-order valence-electron chi connectivity index (χ3n) is 3.42. The predicted molar refractivity (Wildman–Crippen MR) is 83.5 cm³/mol. The quantitative estimate of drug-likeness (QED) is 0.773. The molecule has 2 heteroatoms. The summed E-state index contributed by atoms with van der Waals surface area (Å²) in [4.78, 5) is 4.57. The first kappa shape index (κ1) is 12.8. The largest absolute Gasteiger partial charge is 0.309 e. The maximum Gasteiger partial charge on any atom is 0.0708 e. The molecule has 3 aromatic rings. The molecule has 0 fully saturated rings. The van der Waals surface area contributed by atoms with E-state index in [0.717, 1.165) is 24.3 Å². The van der Waals surface area contributed by atoms with Gasteiger partial charge >= 0.3 is 0 Å². The molecule has 0 amide bonds. The van der Waals surface area contributed by atoms with E-state index in [4.69, 9.17) is 0 Å². The Labute approximate surface area is 119 Å². The topological polar surface area (TPSA) is 24.9 Å². The Morgan fingerprint density at radius 3 is 2.50 bits per heavy atom. The third kappa shape index (κ3) is 2.86. The monoisotopic (exact) mass is 262 g/mol. The molecular weight excluding hydrogens is 244 g/mol. The number of para-hydroxylation sites is 1. The van der Waals surface area contributed by atoms with Gasteiger partial charge in [0.25, 0.3) is 0 Å². The Bertz CT molecular complexity index is 705. The smallest absolute Gasteiger partial charge is 0.0708 e. The number of pyridine rings is 1. The molecule has 2 aromatic carbocycles. The molecule has 1 aromatic heterocycles. The highest BCUT2D eigenvalue weighted by Gasteiger charge is 2.03. The van der Waals surface area contributed by atoms with Gasteiger partial charge in [-0.05, 0) is 30.2 Å². The number of aromatic nitrogens is 1. The van der Waals surface area contributed by atoms with Crippen LogP contribution in [0, 0.1) is 6.92 Å². The third-order valence-corrected chi connectivity index (χ3v) is 3.42. The normalized spacial score (nSPS) is 10.8. The molecule has 0 spiro atoms. The summed E-state index contributed by atoms with van der Waals surface area (Å²) in [6, 6.07) is 21.0. The van der Waals surface area contributed by atoms with E-state index < -0.39 is 0 Å². The molecule has 1 heterocycles. The number of nitrogens with zero attached hydrogens (tertiary/aromatic N) is 1. The summed E-state index contributed by atoms with van der Waals surface area (Å²) in [6.45, 7) is 3.79. The van der Waals surface area contributed by atoms with Crippen molar-refractivity contribution in [2.75, 3.05) is 0 Å². The van der Waals surface area contributed by atoms with Crippen LogP contribution in [0.4, 0.5) is 0 Å². The van der Waals surface area contributed by atoms with Crippen molar-refractivity contribution in [3.63, 3.8) is 0 Å². The highest BCUT2D eigenvalue weighted by molar-refractivity contribution is 5.82. The fourth-order valence-corrected chi connectivity index (χ4v) is 2.48. The second-order valence-electron chi connectivity index (χ2n) is 5.03. The van der Waals surface area contributed by atoms with E-state index in [1.165, 1.54) is 16.5 Å². The summed E-state index contributed by atoms with van der Waals surface area (Å²) in [5.74, 6) is 0. The van der Waals surface area contributed by atoms with Gasteiger partial charge in [0.15, 0.2) is 0 Å². The van der Waals surface area contributed by atoms with Crippen LogP contribution in [0.5, 0.6) is 0 Å². The van der Waals surface area contributed by atoms with Crippen molar-refractivity contribution in [1.29, 1.82) is 0 Å². The fraction of sp³-hybridized carbons (Fsp3) is 0.167. The number of nitrogens with one attached hydrogen (secondary N) is 1. The van der Waals surface area contributed by atoms with Gasteiger partial charge in [-0.25, -0.2) is 0 Å². The number of hydrogen-bond acceptors (Lipinski definition) is 2. The molecule has 0 atom stereocenters. The van der Waals surface area contributed by atoms with Crippen molar-refractivity contribution in [1.82, 2.24) is 10.3 Å². The molecule has 2 nitrogen and oxygen atoms in total. The Morgan fingerprint density at radius 1 is 0.900 bits per heavy atom. The molecule has 0 bridgehead atoms. The molecule has 20 heavy (non-hydrogen) atoms. The molecule has 0 aliphatic heterocycles. The summed E-state index contributed by atoms with van der Waals surface area (Å²) < 4.78 is 0. The van der Waals surface area contributed by atoms with Crippen LogP contribution in [-0.4, -0.2) is 4.98 Å². The fourth-order valence-electron chi connectivity index (χ4n) is 2.48. The van der Waals surface area contributed by atoms with Crippen molar-refractivity contribution in [3.8, 4) is 0 Å². The summed E-state index contributed by atoms with van der Waals surface area (Å²) in [5, 5.41) is 4.74. The van der Waals surface area contributed by atoms with Gasteiger partial charge in [-0.15, -0.1) is 0 Å². The maximum atomic E-state index is 4.57. The van der Waals surface area contributed by atoms with Crippen LogP contribution in [0.2, 0.25) is 0 Å². The number of rotatable bonds is 4. The van der Waals surface area contributed by atoms with Crippen LogP contribution < -0.4 is 5.32 Å². The molecule has 0 unspecified atom stereocenters. The van der Waals surface area contributed by atoms with Crippen molar-refractivity contribution in [3.05, 3.63) is 77.5 Å². The molecule has 0 saturated carbocycles. The van der Waals surface area contributed by atoms with Crippen molar-refractivity contribution in [2.45, 2.75) is 20.0 Å². The second-order valence-corrected chi connectivity index (χ2v) is 5.03. The number of fused-ring (bicyclic) bond motifs is 1. The van der Waals surface area contributed by atoms with Gasteiger partial charge in [0.05, 0.1) is 5.52 Å². The predicted octanol–water partition coefficient (Wildman–Crippen LogP) is 3.83. The van der Waals surface area contributed by atoms with Crippen LogP contribution in [0.25, 0.3) is 10.9 Å². The Balaban J connectivity index is 1.77. The average molecular weight is 262 g/mol. The molecule has 0 radical (unpaired) electrons. The van der Waals surface area contributed by atoms with Gasteiger partial charge in [0, 0.05) is 24.2 Å². The van der Waals surface area contributed by atoms with E-state index in [0.29, 0.717) is 0 Å². The van der Waals surface area contributed by atoms with Gasteiger partial charge in [-0.1, -0.05) is 48.5 Å². The molecule has 0 saturated heterocycles. The highest BCUT2D eigenvalue weighted by Crippen LogP contribution is 2.18. The van der Waals surface area contributed by atoms with Gasteiger partial charge in [-0.2, -0.15) is 0 Å². The Kier molecular flexibility index (Phi) is 3.75. The van der Waals surface area contributed by atoms with E-state index >= 15 is 0 Å². The van der Waals surface area contributed by atoms with Crippen LogP contribution in [0.15, 0.2) is 60.7 Å². The van der Waals surface area contributed by atoms with Crippen molar-refractivity contribution in [2.24, 2.45) is 0 Å². The zero-order valence-corrected chi connectivity index (χ0v) is 11.6. The molecule has 0 aliphatic rings. The van der Waals surface area contributed by atoms with Gasteiger partial charge in [-0.3, -0.25) is 4.98 Å². The highest BCUT2D eigenvalue weighted by atomic mass is 14.8. The minimum absolute atomic E-state index is 0.860. The Morgan fingerprint density at radius 2 is 1.65 bits per heavy atom. The van der Waals surface area contributed by atoms with Crippen molar-refractivity contribution < 1.29 is 0 Å². The van der Waals surface area contributed by atoms with Gasteiger partial charge in [0.1, 0.15) is 0 Å². The lowest BCUT2D eigenvalue weighted by molar-refractivity contribution is 0.696. The SMILES string of the molecule is Cc1cc(CNCc2ccccc2)c2ccccc2n1. The second kappa shape index (κ2) is 5.85. The molecule has 3 rings (SSSR count). The molecular formula is C18H18N2. The van der Waals surface area contributed by atoms with Crippen LogP contribution >= 0.6 is 0 Å². The summed E-state index contributed by atoms with van der Waals surface area (Å²) in [5.41, 5.74) is 4.76. The van der Waals surface area contributed by atoms with Gasteiger partial charge < -0.3 is 5.32 Å². The Hall–Kier alpha value is -2.19. The van der Waals surface area contributed by atoms with E-state index in [1.54, 1.807) is 0 Å². The zero-order valence-electron chi connectivity index (χ0n) is 11.6. The molecule has 1 N–H and O–H groups in total. The minimum atomic E-state index is 0.860. The van der Waals surface area contributed by atoms with E-state index in [-0.39, 0.29) is 0 Å². The summed E-state index contributed by atoms with van der Waals surface area (Å²) in [6.07, 6.45) is 0. The lowest BCUT2D eigenvalue weighted by Crippen LogP contribution is -2.13. The lowest BCUT2D eigenvalue weighted by Gasteiger charge is -2.09. The summed E-state index contributed by atoms with van der Waals surface area (Å²) in [7, 11) is 0. The lowest BCUT2D eigenvalue weighted by atomic mass is 10.1. The van der Waals surface area contributed by atoms with E-state index in [9.17, 15) is 0 Å². The number of benzene rings is 2. The number of hydrogen-bond donors (Lipinski definition) is 1. The zero-order chi connectivity index (χ0) is 13.8. The minimum Gasteiger partial charge on any atom is -0.309 e. The van der Waals surface area contributed by atoms with Crippen LogP contribution in [-0.2, 0) is 13.1 Å². The van der Waals surface area contributed by atoms with Crippen LogP contribution in [0.1, 0.15) is 16.8 Å². The maximum absolute atomic E-state index is 4.57. The van der Waals surface area contributed by atoms with E-state index in [2.05, 4.69) is 58.8 Å². The van der Waals surface area contributed by atoms with Gasteiger partial charge in [0.2, 0.25) is 0 Å². The first-order valence-electron chi connectivity index (χ1n) is 6.93.